The van der Waals surface area contributed by atoms with E-state index in [1.807, 2.05) is 0 Å². The molecule has 0 saturated carbocycles. The van der Waals surface area contributed by atoms with Gasteiger partial charge < -0.3 is 0 Å². The van der Waals surface area contributed by atoms with Crippen molar-refractivity contribution >= 4 is 0 Å². The Morgan fingerprint density at radius 1 is 1.44 bits per heavy atom. The van der Waals surface area contributed by atoms with Crippen LogP contribution in [0.15, 0.2) is 11.6 Å². The molecule has 1 aliphatic carbocycles. The van der Waals surface area contributed by atoms with E-state index in [9.17, 15) is 0 Å². The van der Waals surface area contributed by atoms with Gasteiger partial charge in [-0.15, -0.1) is 0 Å². The van der Waals surface area contributed by atoms with E-state index in [4.69, 9.17) is 0 Å². The minimum atomic E-state index is 0.971. The lowest BCUT2D eigenvalue weighted by Crippen LogP contribution is -1.94. The van der Waals surface area contributed by atoms with Crippen molar-refractivity contribution in [1.29, 1.82) is 0 Å². The van der Waals surface area contributed by atoms with Crippen LogP contribution in [0.3, 0.4) is 0 Å². The molecule has 0 N–H and O–H groups in total. The summed E-state index contributed by atoms with van der Waals surface area (Å²) in [6, 6.07) is 0. The molecular weight excluding hydrogens is 108 g/mol. The lowest BCUT2D eigenvalue weighted by atomic mass is 9.98. The lowest BCUT2D eigenvalue weighted by Gasteiger charge is -2.08. The van der Waals surface area contributed by atoms with Crippen molar-refractivity contribution in [3.63, 3.8) is 0 Å². The second-order valence-corrected chi connectivity index (χ2v) is 2.95. The Labute approximate surface area is 58.0 Å². The van der Waals surface area contributed by atoms with Crippen molar-refractivity contribution in [2.24, 2.45) is 5.92 Å². The first kappa shape index (κ1) is 6.85. The van der Waals surface area contributed by atoms with Gasteiger partial charge in [-0.1, -0.05) is 38.3 Å². The standard InChI is InChI=1S/C9H16/c1-3-8(4-2)7-9-5-6-9/h5,8H,3-4,6-7H2,1-2H3. The molecule has 1 aliphatic rings. The molecule has 0 heteroatoms. The number of hydrogen-bond acceptors (Lipinski definition) is 0. The zero-order valence-corrected chi connectivity index (χ0v) is 6.48. The van der Waals surface area contributed by atoms with E-state index in [0.717, 1.165) is 5.92 Å². The largest absolute Gasteiger partial charge is 0.0809 e. The van der Waals surface area contributed by atoms with Crippen LogP contribution in [0, 0.1) is 5.92 Å². The molecule has 0 radical (unpaired) electrons. The van der Waals surface area contributed by atoms with Crippen molar-refractivity contribution in [2.75, 3.05) is 0 Å². The summed E-state index contributed by atoms with van der Waals surface area (Å²) in [5.74, 6) is 0.971. The van der Waals surface area contributed by atoms with Gasteiger partial charge in [-0.3, -0.25) is 0 Å². The minimum absolute atomic E-state index is 0.971. The third-order valence-electron chi connectivity index (χ3n) is 2.20. The highest BCUT2D eigenvalue weighted by molar-refractivity contribution is 5.21. The molecule has 0 aromatic carbocycles. The molecule has 1 rings (SSSR count). The van der Waals surface area contributed by atoms with Gasteiger partial charge in [0.1, 0.15) is 0 Å². The predicted molar refractivity (Wildman–Crippen MR) is 41.4 cm³/mol. The summed E-state index contributed by atoms with van der Waals surface area (Å²) in [7, 11) is 0. The Morgan fingerprint density at radius 3 is 2.33 bits per heavy atom. The third kappa shape index (κ3) is 2.21. The van der Waals surface area contributed by atoms with Crippen LogP contribution in [-0.4, -0.2) is 0 Å². The summed E-state index contributed by atoms with van der Waals surface area (Å²) in [4.78, 5) is 0. The molecule has 0 aromatic heterocycles. The van der Waals surface area contributed by atoms with Gasteiger partial charge in [-0.25, -0.2) is 0 Å². The van der Waals surface area contributed by atoms with E-state index in [1.165, 1.54) is 25.7 Å². The quantitative estimate of drug-likeness (QED) is 0.505. The van der Waals surface area contributed by atoms with Crippen molar-refractivity contribution in [3.8, 4) is 0 Å². The summed E-state index contributed by atoms with van der Waals surface area (Å²) in [6.07, 6.45) is 7.75. The van der Waals surface area contributed by atoms with Crippen LogP contribution in [0.4, 0.5) is 0 Å². The van der Waals surface area contributed by atoms with Gasteiger partial charge in [0.15, 0.2) is 0 Å². The molecule has 52 valence electrons. The molecule has 0 fully saturated rings. The highest BCUT2D eigenvalue weighted by Crippen LogP contribution is 2.29. The molecule has 0 atom stereocenters. The van der Waals surface area contributed by atoms with Crippen LogP contribution in [0.25, 0.3) is 0 Å². The zero-order valence-electron chi connectivity index (χ0n) is 6.48. The SMILES string of the molecule is CCC(CC)CC1=CC1. The molecule has 0 bridgehead atoms. The average Bonchev–Trinajstić information content (AvgIpc) is 2.66. The summed E-state index contributed by atoms with van der Waals surface area (Å²) in [6.45, 7) is 4.58. The Bertz CT molecular complexity index is 107. The average molecular weight is 124 g/mol. The van der Waals surface area contributed by atoms with E-state index < -0.39 is 0 Å². The Morgan fingerprint density at radius 2 is 2.00 bits per heavy atom. The van der Waals surface area contributed by atoms with Gasteiger partial charge in [0, 0.05) is 0 Å². The van der Waals surface area contributed by atoms with Crippen LogP contribution >= 0.6 is 0 Å². The summed E-state index contributed by atoms with van der Waals surface area (Å²) >= 11 is 0. The lowest BCUT2D eigenvalue weighted by molar-refractivity contribution is 0.493. The van der Waals surface area contributed by atoms with Gasteiger partial charge in [-0.2, -0.15) is 0 Å². The van der Waals surface area contributed by atoms with E-state index in [0.29, 0.717) is 0 Å². The van der Waals surface area contributed by atoms with Gasteiger partial charge >= 0.3 is 0 Å². The monoisotopic (exact) mass is 124 g/mol. The fourth-order valence-corrected chi connectivity index (χ4v) is 1.19. The van der Waals surface area contributed by atoms with Crippen LogP contribution in [0.1, 0.15) is 39.5 Å². The molecule has 0 heterocycles. The summed E-state index contributed by atoms with van der Waals surface area (Å²) in [5, 5.41) is 0. The van der Waals surface area contributed by atoms with E-state index >= 15 is 0 Å². The molecule has 0 amide bonds. The maximum atomic E-state index is 2.35. The van der Waals surface area contributed by atoms with E-state index in [1.54, 1.807) is 5.57 Å². The van der Waals surface area contributed by atoms with Gasteiger partial charge in [0.05, 0.1) is 0 Å². The van der Waals surface area contributed by atoms with Crippen molar-refractivity contribution < 1.29 is 0 Å². The number of allylic oxidation sites excluding steroid dienone is 2. The first-order valence-electron chi connectivity index (χ1n) is 4.04. The van der Waals surface area contributed by atoms with E-state index in [2.05, 4.69) is 19.9 Å². The maximum absolute atomic E-state index is 2.35. The van der Waals surface area contributed by atoms with Crippen LogP contribution in [0.2, 0.25) is 0 Å². The Hall–Kier alpha value is -0.260. The molecular formula is C9H16. The molecule has 0 nitrogen and oxygen atoms in total. The fourth-order valence-electron chi connectivity index (χ4n) is 1.19. The third-order valence-corrected chi connectivity index (χ3v) is 2.20. The van der Waals surface area contributed by atoms with Crippen LogP contribution in [0.5, 0.6) is 0 Å². The van der Waals surface area contributed by atoms with E-state index in [-0.39, 0.29) is 0 Å². The number of hydrogen-bond donors (Lipinski definition) is 0. The number of rotatable bonds is 4. The minimum Gasteiger partial charge on any atom is -0.0809 e. The Balaban J connectivity index is 2.13. The summed E-state index contributed by atoms with van der Waals surface area (Å²) < 4.78 is 0. The molecule has 9 heavy (non-hydrogen) atoms. The maximum Gasteiger partial charge on any atom is -0.0136 e. The Kier molecular flexibility index (Phi) is 2.32. The van der Waals surface area contributed by atoms with Crippen molar-refractivity contribution in [3.05, 3.63) is 11.6 Å². The van der Waals surface area contributed by atoms with Gasteiger partial charge in [0.2, 0.25) is 0 Å². The second kappa shape index (κ2) is 3.05. The highest BCUT2D eigenvalue weighted by atomic mass is 14.2. The predicted octanol–water partition coefficient (Wildman–Crippen LogP) is 3.14. The van der Waals surface area contributed by atoms with Crippen LogP contribution in [-0.2, 0) is 0 Å². The first-order chi connectivity index (χ1) is 4.36. The first-order valence-corrected chi connectivity index (χ1v) is 4.04. The smallest absolute Gasteiger partial charge is 0.0136 e. The molecule has 0 aliphatic heterocycles. The van der Waals surface area contributed by atoms with Gasteiger partial charge in [-0.05, 0) is 18.8 Å². The second-order valence-electron chi connectivity index (χ2n) is 2.95. The normalized spacial score (nSPS) is 16.1. The molecule has 0 spiro atoms. The zero-order chi connectivity index (χ0) is 6.69. The van der Waals surface area contributed by atoms with Crippen LogP contribution < -0.4 is 0 Å². The molecule has 0 aromatic rings. The van der Waals surface area contributed by atoms with Crippen molar-refractivity contribution in [2.45, 2.75) is 39.5 Å². The topological polar surface area (TPSA) is 0 Å². The fraction of sp³-hybridized carbons (Fsp3) is 0.778. The van der Waals surface area contributed by atoms with Gasteiger partial charge in [0.25, 0.3) is 0 Å². The molecule has 0 unspecified atom stereocenters. The highest BCUT2D eigenvalue weighted by Gasteiger charge is 2.11. The molecule has 0 saturated heterocycles. The van der Waals surface area contributed by atoms with Crippen molar-refractivity contribution in [1.82, 2.24) is 0 Å². The summed E-state index contributed by atoms with van der Waals surface area (Å²) in [5.41, 5.74) is 1.70.